The second-order valence-corrected chi connectivity index (χ2v) is 5.10. The molecule has 0 saturated heterocycles. The van der Waals surface area contributed by atoms with Crippen molar-refractivity contribution in [3.63, 3.8) is 0 Å². The van der Waals surface area contributed by atoms with Crippen LogP contribution in [0, 0.1) is 0 Å². The number of anilines is 1. The van der Waals surface area contributed by atoms with E-state index in [1.165, 1.54) is 7.11 Å². The summed E-state index contributed by atoms with van der Waals surface area (Å²) in [6.45, 7) is 0.269. The number of sulfonamides is 1. The van der Waals surface area contributed by atoms with Gasteiger partial charge in [0.25, 0.3) is 0 Å². The number of nitrogens with one attached hydrogen (secondary N) is 2. The van der Waals surface area contributed by atoms with Crippen LogP contribution < -0.4 is 19.5 Å². The van der Waals surface area contributed by atoms with Crippen LogP contribution in [0.5, 0.6) is 11.5 Å². The van der Waals surface area contributed by atoms with E-state index in [2.05, 4.69) is 10.0 Å². The summed E-state index contributed by atoms with van der Waals surface area (Å²) >= 11 is 0. The summed E-state index contributed by atoms with van der Waals surface area (Å²) in [4.78, 5) is 0. The molecule has 17 heavy (non-hydrogen) atoms. The Morgan fingerprint density at radius 3 is 2.47 bits per heavy atom. The van der Waals surface area contributed by atoms with E-state index in [1.807, 2.05) is 0 Å². The predicted octanol–water partition coefficient (Wildman–Crippen LogP) is 0.622. The Labute approximate surface area is 101 Å². The number of benzene rings is 1. The molecular weight excluding hydrogens is 244 g/mol. The second-order valence-electron chi connectivity index (χ2n) is 3.35. The van der Waals surface area contributed by atoms with Crippen LogP contribution in [0.3, 0.4) is 0 Å². The van der Waals surface area contributed by atoms with Gasteiger partial charge < -0.3 is 9.47 Å². The molecule has 0 unspecified atom stereocenters. The average Bonchev–Trinajstić information content (AvgIpc) is 2.25. The van der Waals surface area contributed by atoms with Crippen molar-refractivity contribution < 1.29 is 17.9 Å². The molecular formula is C10H16N2O4S. The fourth-order valence-corrected chi connectivity index (χ4v) is 1.81. The minimum absolute atomic E-state index is 0.269. The first kappa shape index (κ1) is 13.6. The summed E-state index contributed by atoms with van der Waals surface area (Å²) in [5.41, 5.74) is 0.299. The number of methoxy groups -OCH3 is 1. The highest BCUT2D eigenvalue weighted by molar-refractivity contribution is 7.92. The highest BCUT2D eigenvalue weighted by Gasteiger charge is 2.14. The lowest BCUT2D eigenvalue weighted by Gasteiger charge is -2.14. The van der Waals surface area contributed by atoms with Crippen molar-refractivity contribution in [2.45, 2.75) is 0 Å². The van der Waals surface area contributed by atoms with Gasteiger partial charge in [-0.3, -0.25) is 10.0 Å². The van der Waals surface area contributed by atoms with Gasteiger partial charge in [-0.05, 0) is 19.2 Å². The largest absolute Gasteiger partial charge is 0.494 e. The zero-order chi connectivity index (χ0) is 12.9. The van der Waals surface area contributed by atoms with Crippen molar-refractivity contribution in [3.05, 3.63) is 18.2 Å². The molecule has 0 heterocycles. The van der Waals surface area contributed by atoms with Crippen LogP contribution in [-0.2, 0) is 10.0 Å². The minimum atomic E-state index is -3.39. The molecule has 0 atom stereocenters. The van der Waals surface area contributed by atoms with Gasteiger partial charge in [-0.15, -0.1) is 0 Å². The molecule has 1 aromatic carbocycles. The Morgan fingerprint density at radius 2 is 1.94 bits per heavy atom. The quantitative estimate of drug-likeness (QED) is 0.733. The first-order chi connectivity index (χ1) is 7.98. The Morgan fingerprint density at radius 1 is 1.29 bits per heavy atom. The average molecular weight is 260 g/mol. The third kappa shape index (κ3) is 4.12. The molecule has 0 amide bonds. The van der Waals surface area contributed by atoms with Gasteiger partial charge in [0.05, 0.1) is 13.4 Å². The molecule has 0 aliphatic carbocycles. The Bertz CT molecular complexity index is 473. The van der Waals surface area contributed by atoms with Crippen molar-refractivity contribution in [1.29, 1.82) is 0 Å². The lowest BCUT2D eigenvalue weighted by atomic mass is 10.3. The summed E-state index contributed by atoms with van der Waals surface area (Å²) in [5.74, 6) is 0.813. The molecule has 0 aliphatic rings. The number of rotatable bonds is 6. The van der Waals surface area contributed by atoms with Crippen LogP contribution in [0.15, 0.2) is 18.2 Å². The van der Waals surface area contributed by atoms with Gasteiger partial charge in [-0.25, -0.2) is 8.42 Å². The molecule has 0 saturated carbocycles. The van der Waals surface area contributed by atoms with Crippen LogP contribution in [0.1, 0.15) is 0 Å². The van der Waals surface area contributed by atoms with Gasteiger partial charge in [-0.2, -0.15) is 0 Å². The Hall–Kier alpha value is -1.47. The molecule has 1 aromatic rings. The molecule has 0 radical (unpaired) electrons. The molecule has 6 nitrogen and oxygen atoms in total. The van der Waals surface area contributed by atoms with Crippen LogP contribution in [-0.4, -0.2) is 35.6 Å². The maximum absolute atomic E-state index is 11.3. The van der Waals surface area contributed by atoms with Crippen molar-refractivity contribution in [3.8, 4) is 11.5 Å². The maximum Gasteiger partial charge on any atom is 0.230 e. The Kier molecular flexibility index (Phi) is 4.59. The smallest absolute Gasteiger partial charge is 0.230 e. The van der Waals surface area contributed by atoms with Crippen molar-refractivity contribution in [2.24, 2.45) is 0 Å². The van der Waals surface area contributed by atoms with Crippen molar-refractivity contribution >= 4 is 15.7 Å². The lowest BCUT2D eigenvalue weighted by Crippen LogP contribution is -2.17. The van der Waals surface area contributed by atoms with E-state index in [0.717, 1.165) is 6.26 Å². The van der Waals surface area contributed by atoms with E-state index in [9.17, 15) is 8.42 Å². The monoisotopic (exact) mass is 260 g/mol. The SMILES string of the molecule is CNCOc1cccc(OC)c1NS(C)(=O)=O. The fraction of sp³-hybridized carbons (Fsp3) is 0.400. The minimum Gasteiger partial charge on any atom is -0.494 e. The number of hydrogen-bond donors (Lipinski definition) is 2. The topological polar surface area (TPSA) is 76.7 Å². The first-order valence-corrected chi connectivity index (χ1v) is 6.79. The third-order valence-corrected chi connectivity index (χ3v) is 2.44. The van der Waals surface area contributed by atoms with E-state index < -0.39 is 10.0 Å². The van der Waals surface area contributed by atoms with Gasteiger partial charge in [-0.1, -0.05) is 6.07 Å². The third-order valence-electron chi connectivity index (χ3n) is 1.87. The normalized spacial score (nSPS) is 11.0. The van der Waals surface area contributed by atoms with Crippen molar-refractivity contribution in [2.75, 3.05) is 31.9 Å². The molecule has 0 aromatic heterocycles. The molecule has 7 heteroatoms. The summed E-state index contributed by atoms with van der Waals surface area (Å²) in [7, 11) is -0.199. The second kappa shape index (κ2) is 5.74. The molecule has 0 aliphatic heterocycles. The van der Waals surface area contributed by atoms with Crippen LogP contribution in [0.4, 0.5) is 5.69 Å². The van der Waals surface area contributed by atoms with Gasteiger partial charge >= 0.3 is 0 Å². The molecule has 0 fully saturated rings. The lowest BCUT2D eigenvalue weighted by molar-refractivity contribution is 0.296. The first-order valence-electron chi connectivity index (χ1n) is 4.90. The fourth-order valence-electron chi connectivity index (χ4n) is 1.24. The molecule has 0 bridgehead atoms. The van der Waals surface area contributed by atoms with Gasteiger partial charge in [0.1, 0.15) is 23.9 Å². The molecule has 1 rings (SSSR count). The highest BCUT2D eigenvalue weighted by Crippen LogP contribution is 2.34. The predicted molar refractivity (Wildman–Crippen MR) is 66.0 cm³/mol. The van der Waals surface area contributed by atoms with Crippen molar-refractivity contribution in [1.82, 2.24) is 5.32 Å². The van der Waals surface area contributed by atoms with E-state index in [-0.39, 0.29) is 6.73 Å². The summed E-state index contributed by atoms with van der Waals surface area (Å²) in [6, 6.07) is 5.03. The standard InChI is InChI=1S/C10H16N2O4S/c1-11-7-16-9-6-4-5-8(15-2)10(9)12-17(3,13)14/h4-6,11-12H,7H2,1-3H3. The van der Waals surface area contributed by atoms with E-state index >= 15 is 0 Å². The number of para-hydroxylation sites is 1. The van der Waals surface area contributed by atoms with E-state index in [1.54, 1.807) is 25.2 Å². The van der Waals surface area contributed by atoms with Crippen LogP contribution >= 0.6 is 0 Å². The molecule has 96 valence electrons. The Balaban J connectivity index is 3.11. The number of hydrogen-bond acceptors (Lipinski definition) is 5. The van der Waals surface area contributed by atoms with Gasteiger partial charge in [0.2, 0.25) is 10.0 Å². The zero-order valence-corrected chi connectivity index (χ0v) is 10.8. The number of ether oxygens (including phenoxy) is 2. The van der Waals surface area contributed by atoms with Gasteiger partial charge in [0, 0.05) is 0 Å². The van der Waals surface area contributed by atoms with Gasteiger partial charge in [0.15, 0.2) is 0 Å². The summed E-state index contributed by atoms with van der Waals surface area (Å²) in [5, 5.41) is 2.80. The van der Waals surface area contributed by atoms with E-state index in [4.69, 9.17) is 9.47 Å². The summed E-state index contributed by atoms with van der Waals surface area (Å²) < 4.78 is 35.3. The highest BCUT2D eigenvalue weighted by atomic mass is 32.2. The summed E-state index contributed by atoms with van der Waals surface area (Å²) in [6.07, 6.45) is 1.07. The van der Waals surface area contributed by atoms with Crippen LogP contribution in [0.25, 0.3) is 0 Å². The zero-order valence-electron chi connectivity index (χ0n) is 9.98. The molecule has 0 spiro atoms. The molecule has 2 N–H and O–H groups in total. The van der Waals surface area contributed by atoms with E-state index in [0.29, 0.717) is 17.2 Å². The maximum atomic E-state index is 11.3. The van der Waals surface area contributed by atoms with Crippen LogP contribution in [0.2, 0.25) is 0 Å².